The number of urea groups is 1. The van der Waals surface area contributed by atoms with Crippen LogP contribution in [0, 0.1) is 0 Å². The number of Topliss-reactive ketones (excluding diaryl/α,β-unsaturated/α-hetero) is 1. The number of amides is 3. The van der Waals surface area contributed by atoms with Crippen LogP contribution in [0.15, 0.2) is 36.5 Å². The molecule has 1 fully saturated rings. The molecule has 2 aliphatic rings. The van der Waals surface area contributed by atoms with Crippen LogP contribution >= 0.6 is 0 Å². The number of rotatable bonds is 5. The summed E-state index contributed by atoms with van der Waals surface area (Å²) in [6.07, 6.45) is 1.89. The highest BCUT2D eigenvalue weighted by Crippen LogP contribution is 2.34. The number of nitrogens with zero attached hydrogens (tertiary/aromatic N) is 1. The largest absolute Gasteiger partial charge is 0.454 e. The maximum absolute atomic E-state index is 12.8. The van der Waals surface area contributed by atoms with Gasteiger partial charge in [-0.25, -0.2) is 4.79 Å². The van der Waals surface area contributed by atoms with E-state index in [0.717, 1.165) is 10.5 Å². The van der Waals surface area contributed by atoms with Crippen LogP contribution < -0.4 is 14.8 Å². The zero-order valence-corrected chi connectivity index (χ0v) is 14.1. The van der Waals surface area contributed by atoms with E-state index in [-0.39, 0.29) is 25.5 Å². The summed E-state index contributed by atoms with van der Waals surface area (Å²) in [6, 6.07) is 8.10. The Hall–Kier alpha value is -3.29. The number of nitrogens with one attached hydrogen (secondary N) is 2. The SMILES string of the molecule is CC1(Cc2ccc3c(c2)OCO3)NC(=O)N(CC(=O)c2ccc[nH]2)C1=O. The fourth-order valence-corrected chi connectivity index (χ4v) is 3.20. The summed E-state index contributed by atoms with van der Waals surface area (Å²) in [5.41, 5.74) is 0.0544. The van der Waals surface area contributed by atoms with E-state index in [1.165, 1.54) is 0 Å². The van der Waals surface area contributed by atoms with Crippen molar-refractivity contribution in [3.63, 3.8) is 0 Å². The predicted octanol–water partition coefficient (Wildman–Crippen LogP) is 1.48. The lowest BCUT2D eigenvalue weighted by atomic mass is 9.92. The molecule has 0 saturated carbocycles. The maximum atomic E-state index is 12.8. The third-order valence-electron chi connectivity index (χ3n) is 4.54. The predicted molar refractivity (Wildman–Crippen MR) is 90.0 cm³/mol. The van der Waals surface area contributed by atoms with Gasteiger partial charge in [0.1, 0.15) is 5.54 Å². The normalized spacial score (nSPS) is 21.2. The molecule has 2 N–H and O–H groups in total. The summed E-state index contributed by atoms with van der Waals surface area (Å²) < 4.78 is 10.6. The summed E-state index contributed by atoms with van der Waals surface area (Å²) in [5, 5.41) is 2.70. The second-order valence-electron chi connectivity index (χ2n) is 6.52. The number of imide groups is 1. The van der Waals surface area contributed by atoms with Gasteiger partial charge in [0.15, 0.2) is 17.3 Å². The Balaban J connectivity index is 1.51. The number of hydrogen-bond acceptors (Lipinski definition) is 5. The minimum absolute atomic E-state index is 0.167. The Morgan fingerprint density at radius 2 is 2.04 bits per heavy atom. The topological polar surface area (TPSA) is 101 Å². The van der Waals surface area contributed by atoms with Gasteiger partial charge in [0.2, 0.25) is 6.79 Å². The highest BCUT2D eigenvalue weighted by molar-refractivity contribution is 6.10. The quantitative estimate of drug-likeness (QED) is 0.625. The van der Waals surface area contributed by atoms with Gasteiger partial charge in [-0.15, -0.1) is 0 Å². The molecule has 2 aliphatic heterocycles. The van der Waals surface area contributed by atoms with E-state index in [1.54, 1.807) is 37.4 Å². The van der Waals surface area contributed by atoms with Crippen LogP contribution in [0.3, 0.4) is 0 Å². The highest BCUT2D eigenvalue weighted by atomic mass is 16.7. The van der Waals surface area contributed by atoms with Crippen molar-refractivity contribution in [3.8, 4) is 11.5 Å². The molecule has 1 aromatic carbocycles. The Bertz CT molecular complexity index is 892. The zero-order valence-electron chi connectivity index (χ0n) is 14.1. The van der Waals surface area contributed by atoms with E-state index >= 15 is 0 Å². The number of ether oxygens (including phenoxy) is 2. The molecule has 1 atom stereocenters. The van der Waals surface area contributed by atoms with Crippen molar-refractivity contribution in [1.82, 2.24) is 15.2 Å². The third kappa shape index (κ3) is 2.69. The molecule has 3 amide bonds. The molecule has 3 heterocycles. The van der Waals surface area contributed by atoms with Crippen molar-refractivity contribution in [2.24, 2.45) is 0 Å². The van der Waals surface area contributed by atoms with Crippen molar-refractivity contribution in [1.29, 1.82) is 0 Å². The van der Waals surface area contributed by atoms with Gasteiger partial charge in [0, 0.05) is 12.6 Å². The maximum Gasteiger partial charge on any atom is 0.325 e. The van der Waals surface area contributed by atoms with Gasteiger partial charge in [0.05, 0.1) is 12.2 Å². The number of ketones is 1. The van der Waals surface area contributed by atoms with Crippen LogP contribution in [0.25, 0.3) is 0 Å². The summed E-state index contributed by atoms with van der Waals surface area (Å²) in [5.74, 6) is 0.506. The highest BCUT2D eigenvalue weighted by Gasteiger charge is 2.48. The first-order valence-electron chi connectivity index (χ1n) is 8.15. The number of carbonyl (C=O) groups is 3. The average molecular weight is 355 g/mol. The zero-order chi connectivity index (χ0) is 18.3. The van der Waals surface area contributed by atoms with E-state index in [2.05, 4.69) is 10.3 Å². The molecule has 0 aliphatic carbocycles. The Morgan fingerprint density at radius 3 is 2.81 bits per heavy atom. The number of benzene rings is 1. The molecule has 0 radical (unpaired) electrons. The smallest absolute Gasteiger partial charge is 0.325 e. The number of carbonyl (C=O) groups excluding carboxylic acids is 3. The Morgan fingerprint density at radius 1 is 1.23 bits per heavy atom. The molecule has 134 valence electrons. The molecular formula is C18H17N3O5. The van der Waals surface area contributed by atoms with Crippen molar-refractivity contribution in [2.45, 2.75) is 18.9 Å². The first kappa shape index (κ1) is 16.2. The van der Waals surface area contributed by atoms with E-state index in [0.29, 0.717) is 17.2 Å². The van der Waals surface area contributed by atoms with Crippen LogP contribution in [0.5, 0.6) is 11.5 Å². The summed E-state index contributed by atoms with van der Waals surface area (Å²) in [4.78, 5) is 41.0. The van der Waals surface area contributed by atoms with Crippen LogP contribution in [-0.2, 0) is 11.2 Å². The van der Waals surface area contributed by atoms with Gasteiger partial charge in [-0.2, -0.15) is 0 Å². The van der Waals surface area contributed by atoms with Crippen molar-refractivity contribution >= 4 is 17.7 Å². The van der Waals surface area contributed by atoms with Gasteiger partial charge in [0.25, 0.3) is 5.91 Å². The first-order chi connectivity index (χ1) is 12.5. The van der Waals surface area contributed by atoms with Gasteiger partial charge < -0.3 is 19.8 Å². The van der Waals surface area contributed by atoms with Crippen LogP contribution in [0.1, 0.15) is 23.0 Å². The van der Waals surface area contributed by atoms with Gasteiger partial charge in [-0.3, -0.25) is 14.5 Å². The summed E-state index contributed by atoms with van der Waals surface area (Å²) >= 11 is 0. The van der Waals surface area contributed by atoms with Crippen molar-refractivity contribution < 1.29 is 23.9 Å². The minimum Gasteiger partial charge on any atom is -0.454 e. The molecular weight excluding hydrogens is 338 g/mol. The van der Waals surface area contributed by atoms with Gasteiger partial charge in [-0.1, -0.05) is 6.07 Å². The van der Waals surface area contributed by atoms with Crippen LogP contribution in [0.2, 0.25) is 0 Å². The number of hydrogen-bond donors (Lipinski definition) is 2. The van der Waals surface area contributed by atoms with E-state index in [1.807, 2.05) is 6.07 Å². The molecule has 0 bridgehead atoms. The third-order valence-corrected chi connectivity index (χ3v) is 4.54. The van der Waals surface area contributed by atoms with Crippen LogP contribution in [0.4, 0.5) is 4.79 Å². The molecule has 8 nitrogen and oxygen atoms in total. The number of aromatic amines is 1. The summed E-state index contributed by atoms with van der Waals surface area (Å²) in [6.45, 7) is 1.51. The van der Waals surface area contributed by atoms with Crippen LogP contribution in [-0.4, -0.2) is 46.5 Å². The van der Waals surface area contributed by atoms with Gasteiger partial charge >= 0.3 is 6.03 Å². The van der Waals surface area contributed by atoms with E-state index < -0.39 is 17.5 Å². The monoisotopic (exact) mass is 355 g/mol. The second kappa shape index (κ2) is 5.91. The molecule has 2 aromatic rings. The van der Waals surface area contributed by atoms with Crippen molar-refractivity contribution in [3.05, 3.63) is 47.8 Å². The lowest BCUT2D eigenvalue weighted by molar-refractivity contribution is -0.130. The fraction of sp³-hybridized carbons (Fsp3) is 0.278. The van der Waals surface area contributed by atoms with E-state index in [9.17, 15) is 14.4 Å². The molecule has 8 heteroatoms. The lowest BCUT2D eigenvalue weighted by Crippen LogP contribution is -2.46. The number of H-pyrrole nitrogens is 1. The fourth-order valence-electron chi connectivity index (χ4n) is 3.20. The molecule has 26 heavy (non-hydrogen) atoms. The molecule has 0 spiro atoms. The standard InChI is InChI=1S/C18H17N3O5/c1-18(8-11-4-5-14-15(7-11)26-10-25-14)16(23)21(17(24)20-18)9-13(22)12-3-2-6-19-12/h2-7,19H,8-10H2,1H3,(H,20,24). The lowest BCUT2D eigenvalue weighted by Gasteiger charge is -2.21. The summed E-state index contributed by atoms with van der Waals surface area (Å²) in [7, 11) is 0. The molecule has 1 saturated heterocycles. The number of aromatic nitrogens is 1. The first-order valence-corrected chi connectivity index (χ1v) is 8.15. The molecule has 1 unspecified atom stereocenters. The molecule has 4 rings (SSSR count). The Kier molecular flexibility index (Phi) is 3.68. The average Bonchev–Trinajstić information content (AvgIpc) is 3.32. The molecule has 1 aromatic heterocycles. The Labute approximate surface area is 149 Å². The van der Waals surface area contributed by atoms with Gasteiger partial charge in [-0.05, 0) is 36.8 Å². The minimum atomic E-state index is -1.12. The second-order valence-corrected chi connectivity index (χ2v) is 6.52. The van der Waals surface area contributed by atoms with E-state index in [4.69, 9.17) is 9.47 Å². The van der Waals surface area contributed by atoms with Crippen molar-refractivity contribution in [2.75, 3.05) is 13.3 Å². The number of fused-ring (bicyclic) bond motifs is 1.